The fourth-order valence-corrected chi connectivity index (χ4v) is 1.76. The van der Waals surface area contributed by atoms with Crippen molar-refractivity contribution in [1.82, 2.24) is 5.32 Å². The van der Waals surface area contributed by atoms with Gasteiger partial charge in [-0.2, -0.15) is 0 Å². The highest BCUT2D eigenvalue weighted by Gasteiger charge is 2.42. The van der Waals surface area contributed by atoms with Crippen LogP contribution in [0, 0.1) is 0 Å². The molecule has 1 aromatic rings. The number of hydrogen-bond donors (Lipinski definition) is 2. The minimum absolute atomic E-state index is 0.00372. The van der Waals surface area contributed by atoms with E-state index >= 15 is 0 Å². The van der Waals surface area contributed by atoms with Gasteiger partial charge < -0.3 is 10.4 Å². The molecule has 2 N–H and O–H groups in total. The Labute approximate surface area is 105 Å². The Hall–Kier alpha value is -1.32. The first-order valence-corrected chi connectivity index (χ1v) is 5.88. The van der Waals surface area contributed by atoms with Gasteiger partial charge in [-0.25, -0.2) is 0 Å². The van der Waals surface area contributed by atoms with Crippen LogP contribution in [-0.4, -0.2) is 23.2 Å². The fourth-order valence-electron chi connectivity index (χ4n) is 1.56. The Morgan fingerprint density at radius 3 is 2.88 bits per heavy atom. The minimum Gasteiger partial charge on any atom is -0.394 e. The summed E-state index contributed by atoms with van der Waals surface area (Å²) in [4.78, 5) is 11.6. The zero-order valence-electron chi connectivity index (χ0n) is 9.32. The van der Waals surface area contributed by atoms with E-state index in [9.17, 15) is 4.79 Å². The molecule has 0 aromatic heterocycles. The van der Waals surface area contributed by atoms with E-state index in [4.69, 9.17) is 16.7 Å². The average Bonchev–Trinajstić information content (AvgIpc) is 3.07. The van der Waals surface area contributed by atoms with Gasteiger partial charge in [-0.3, -0.25) is 4.79 Å². The third kappa shape index (κ3) is 3.32. The van der Waals surface area contributed by atoms with Crippen LogP contribution >= 0.6 is 11.6 Å². The van der Waals surface area contributed by atoms with Crippen LogP contribution in [0.4, 0.5) is 0 Å². The quantitative estimate of drug-likeness (QED) is 0.804. The first-order chi connectivity index (χ1) is 8.13. The summed E-state index contributed by atoms with van der Waals surface area (Å²) in [6.45, 7) is 0.00372. The number of amides is 1. The van der Waals surface area contributed by atoms with E-state index in [1.54, 1.807) is 18.2 Å². The molecule has 1 aliphatic carbocycles. The molecule has 1 aromatic carbocycles. The van der Waals surface area contributed by atoms with Crippen LogP contribution in [0.25, 0.3) is 6.08 Å². The van der Waals surface area contributed by atoms with Crippen molar-refractivity contribution in [3.8, 4) is 0 Å². The standard InChI is InChI=1S/C13H14ClNO2/c14-11-3-1-2-10(8-11)4-5-12(17)15-13(9-16)6-7-13/h1-5,8,16H,6-7,9H2,(H,15,17)/b5-4+. The van der Waals surface area contributed by atoms with E-state index < -0.39 is 0 Å². The van der Waals surface area contributed by atoms with Crippen LogP contribution in [0.5, 0.6) is 0 Å². The molecule has 1 fully saturated rings. The molecule has 0 heterocycles. The average molecular weight is 252 g/mol. The summed E-state index contributed by atoms with van der Waals surface area (Å²) in [5, 5.41) is 12.5. The van der Waals surface area contributed by atoms with E-state index in [-0.39, 0.29) is 18.1 Å². The first kappa shape index (κ1) is 12.1. The Bertz CT molecular complexity index is 452. The molecule has 0 radical (unpaired) electrons. The molecule has 0 aliphatic heterocycles. The summed E-state index contributed by atoms with van der Waals surface area (Å²) >= 11 is 5.83. The largest absolute Gasteiger partial charge is 0.394 e. The molecule has 17 heavy (non-hydrogen) atoms. The molecule has 2 rings (SSSR count). The number of carbonyl (C=O) groups excluding carboxylic acids is 1. The lowest BCUT2D eigenvalue weighted by atomic mass is 10.2. The highest BCUT2D eigenvalue weighted by Crippen LogP contribution is 2.34. The zero-order chi connectivity index (χ0) is 12.3. The second-order valence-corrected chi connectivity index (χ2v) is 4.75. The van der Waals surface area contributed by atoms with Gasteiger partial charge in [0, 0.05) is 11.1 Å². The second-order valence-electron chi connectivity index (χ2n) is 4.32. The summed E-state index contributed by atoms with van der Waals surface area (Å²) in [5.74, 6) is -0.184. The maximum absolute atomic E-state index is 11.6. The number of aliphatic hydroxyl groups excluding tert-OH is 1. The van der Waals surface area contributed by atoms with Gasteiger partial charge in [0.25, 0.3) is 0 Å². The summed E-state index contributed by atoms with van der Waals surface area (Å²) in [6.07, 6.45) is 4.86. The van der Waals surface area contributed by atoms with Crippen LogP contribution in [0.3, 0.4) is 0 Å². The molecule has 0 atom stereocenters. The molecule has 0 spiro atoms. The van der Waals surface area contributed by atoms with Crippen LogP contribution in [0.15, 0.2) is 30.3 Å². The highest BCUT2D eigenvalue weighted by molar-refractivity contribution is 6.30. The summed E-state index contributed by atoms with van der Waals surface area (Å²) < 4.78 is 0. The summed E-state index contributed by atoms with van der Waals surface area (Å²) in [6, 6.07) is 7.26. The lowest BCUT2D eigenvalue weighted by Gasteiger charge is -2.11. The molecule has 1 aliphatic rings. The lowest BCUT2D eigenvalue weighted by molar-refractivity contribution is -0.117. The number of rotatable bonds is 4. The van der Waals surface area contributed by atoms with Crippen molar-refractivity contribution >= 4 is 23.6 Å². The van der Waals surface area contributed by atoms with Crippen LogP contribution in [-0.2, 0) is 4.79 Å². The van der Waals surface area contributed by atoms with Crippen LogP contribution in [0.1, 0.15) is 18.4 Å². The number of benzene rings is 1. The first-order valence-electron chi connectivity index (χ1n) is 5.50. The van der Waals surface area contributed by atoms with E-state index in [1.807, 2.05) is 12.1 Å². The van der Waals surface area contributed by atoms with E-state index in [2.05, 4.69) is 5.32 Å². The van der Waals surface area contributed by atoms with E-state index in [0.717, 1.165) is 18.4 Å². The van der Waals surface area contributed by atoms with Crippen molar-refractivity contribution in [2.24, 2.45) is 0 Å². The molecule has 1 saturated carbocycles. The normalized spacial score (nSPS) is 17.1. The smallest absolute Gasteiger partial charge is 0.244 e. The van der Waals surface area contributed by atoms with Crippen molar-refractivity contribution in [3.05, 3.63) is 40.9 Å². The van der Waals surface area contributed by atoms with Crippen LogP contribution < -0.4 is 5.32 Å². The predicted molar refractivity (Wildman–Crippen MR) is 67.7 cm³/mol. The zero-order valence-corrected chi connectivity index (χ0v) is 10.1. The molecular formula is C13H14ClNO2. The Kier molecular flexibility index (Phi) is 3.50. The van der Waals surface area contributed by atoms with Crippen molar-refractivity contribution in [2.75, 3.05) is 6.61 Å². The van der Waals surface area contributed by atoms with Crippen molar-refractivity contribution < 1.29 is 9.90 Å². The molecule has 90 valence electrons. The number of carbonyl (C=O) groups is 1. The van der Waals surface area contributed by atoms with Crippen molar-refractivity contribution in [2.45, 2.75) is 18.4 Å². The van der Waals surface area contributed by atoms with Gasteiger partial charge in [0.05, 0.1) is 12.1 Å². The third-order valence-corrected chi connectivity index (χ3v) is 3.06. The fraction of sp³-hybridized carbons (Fsp3) is 0.308. The van der Waals surface area contributed by atoms with Gasteiger partial charge in [0.1, 0.15) is 0 Å². The van der Waals surface area contributed by atoms with Crippen molar-refractivity contribution in [3.63, 3.8) is 0 Å². The summed E-state index contributed by atoms with van der Waals surface area (Å²) in [5.41, 5.74) is 0.511. The van der Waals surface area contributed by atoms with Gasteiger partial charge in [-0.05, 0) is 36.6 Å². The molecule has 0 saturated heterocycles. The predicted octanol–water partition coefficient (Wildman–Crippen LogP) is 1.99. The number of aliphatic hydroxyl groups is 1. The Morgan fingerprint density at radius 1 is 1.53 bits per heavy atom. The monoisotopic (exact) mass is 251 g/mol. The third-order valence-electron chi connectivity index (χ3n) is 2.82. The topological polar surface area (TPSA) is 49.3 Å². The maximum Gasteiger partial charge on any atom is 0.244 e. The molecule has 1 amide bonds. The van der Waals surface area contributed by atoms with Crippen LogP contribution in [0.2, 0.25) is 5.02 Å². The van der Waals surface area contributed by atoms with Crippen molar-refractivity contribution in [1.29, 1.82) is 0 Å². The molecule has 0 bridgehead atoms. The van der Waals surface area contributed by atoms with Gasteiger partial charge in [-0.15, -0.1) is 0 Å². The minimum atomic E-state index is -0.365. The van der Waals surface area contributed by atoms with Gasteiger partial charge in [-0.1, -0.05) is 23.7 Å². The maximum atomic E-state index is 11.6. The Balaban J connectivity index is 1.94. The number of nitrogens with one attached hydrogen (secondary N) is 1. The second kappa shape index (κ2) is 4.90. The molecule has 0 unspecified atom stereocenters. The summed E-state index contributed by atoms with van der Waals surface area (Å²) in [7, 11) is 0. The Morgan fingerprint density at radius 2 is 2.29 bits per heavy atom. The van der Waals surface area contributed by atoms with E-state index in [0.29, 0.717) is 5.02 Å². The number of halogens is 1. The van der Waals surface area contributed by atoms with Gasteiger partial charge in [0.15, 0.2) is 0 Å². The molecule has 4 heteroatoms. The molecular weight excluding hydrogens is 238 g/mol. The van der Waals surface area contributed by atoms with E-state index in [1.165, 1.54) is 6.08 Å². The van der Waals surface area contributed by atoms with Gasteiger partial charge >= 0.3 is 0 Å². The highest BCUT2D eigenvalue weighted by atomic mass is 35.5. The SMILES string of the molecule is O=C(/C=C/c1cccc(Cl)c1)NC1(CO)CC1. The van der Waals surface area contributed by atoms with Gasteiger partial charge in [0.2, 0.25) is 5.91 Å². The number of hydrogen-bond acceptors (Lipinski definition) is 2. The molecule has 3 nitrogen and oxygen atoms in total. The lowest BCUT2D eigenvalue weighted by Crippen LogP contribution is -2.38.